The minimum Gasteiger partial charge on any atom is -0.243 e. The monoisotopic (exact) mass is 117 g/mol. The summed E-state index contributed by atoms with van der Waals surface area (Å²) in [6.45, 7) is -2.63. The van der Waals surface area contributed by atoms with Crippen LogP contribution < -0.4 is 0 Å². The third kappa shape index (κ3) is 0.800. The number of halogens is 2. The summed E-state index contributed by atoms with van der Waals surface area (Å²) in [6, 6.07) is 0. The third-order valence-corrected chi connectivity index (χ3v) is 0.550. The van der Waals surface area contributed by atoms with E-state index < -0.39 is 6.55 Å². The van der Waals surface area contributed by atoms with Crippen LogP contribution in [0.1, 0.15) is 6.55 Å². The molecule has 0 atom stereocenters. The molecule has 0 aliphatic heterocycles. The van der Waals surface area contributed by atoms with Crippen LogP contribution in [0.3, 0.4) is 0 Å². The summed E-state index contributed by atoms with van der Waals surface area (Å²) in [5.74, 6) is 0. The van der Waals surface area contributed by atoms with Crippen molar-refractivity contribution in [3.8, 4) is 0 Å². The molecule has 0 aliphatic rings. The van der Waals surface area contributed by atoms with Crippen molar-refractivity contribution < 1.29 is 8.78 Å². The van der Waals surface area contributed by atoms with Gasteiger partial charge in [0.15, 0.2) is 0 Å². The number of nitrogens with zero attached hydrogens (tertiary/aromatic N) is 3. The lowest BCUT2D eigenvalue weighted by atomic mass is 11.0. The highest BCUT2D eigenvalue weighted by atomic mass is 19.3. The predicted molar refractivity (Wildman–Crippen MR) is 18.9 cm³/mol. The van der Waals surface area contributed by atoms with E-state index in [1.54, 1.807) is 0 Å². The second-order valence-electron chi connectivity index (χ2n) is 1.05. The molecule has 8 heavy (non-hydrogen) atoms. The molecule has 0 fully saturated rings. The Labute approximate surface area is 44.0 Å². The molecule has 0 spiro atoms. The lowest BCUT2D eigenvalue weighted by Crippen LogP contribution is -1.93. The first-order chi connectivity index (χ1) is 3.80. The molecule has 1 aromatic heterocycles. The summed E-state index contributed by atoms with van der Waals surface area (Å²) in [7, 11) is 0. The van der Waals surface area contributed by atoms with Gasteiger partial charge in [-0.25, -0.2) is 4.57 Å². The van der Waals surface area contributed by atoms with Crippen molar-refractivity contribution in [2.75, 3.05) is 0 Å². The van der Waals surface area contributed by atoms with Gasteiger partial charge in [-0.2, -0.15) is 8.78 Å². The van der Waals surface area contributed by atoms with E-state index in [4.69, 9.17) is 0 Å². The molecular formula is C3HF2N3. The molecule has 0 aromatic carbocycles. The molecule has 0 amide bonds. The van der Waals surface area contributed by atoms with Crippen molar-refractivity contribution in [3.05, 3.63) is 12.7 Å². The zero-order valence-electron chi connectivity index (χ0n) is 3.67. The SMILES string of the molecule is FC(F)n1[c]nn[c]1. The molecule has 0 saturated heterocycles. The summed E-state index contributed by atoms with van der Waals surface area (Å²) >= 11 is 0. The standard InChI is InChI=1S/C3HF2N3/c4-3(5)8-1-6-7-2-8/h3H. The van der Waals surface area contributed by atoms with Gasteiger partial charge in [-0.15, -0.1) is 10.2 Å². The van der Waals surface area contributed by atoms with Crippen LogP contribution in [-0.4, -0.2) is 14.8 Å². The lowest BCUT2D eigenvalue weighted by Gasteiger charge is -1.90. The quantitative estimate of drug-likeness (QED) is 0.528. The summed E-state index contributed by atoms with van der Waals surface area (Å²) in [5.41, 5.74) is 0. The Morgan fingerprint density at radius 3 is 2.00 bits per heavy atom. The van der Waals surface area contributed by atoms with Crippen LogP contribution in [0.2, 0.25) is 0 Å². The average molecular weight is 117 g/mol. The van der Waals surface area contributed by atoms with E-state index in [0.717, 1.165) is 0 Å². The van der Waals surface area contributed by atoms with E-state index in [1.807, 2.05) is 12.7 Å². The molecule has 0 aliphatic carbocycles. The molecule has 5 heteroatoms. The van der Waals surface area contributed by atoms with E-state index in [1.165, 1.54) is 0 Å². The molecule has 3 nitrogen and oxygen atoms in total. The molecule has 1 heterocycles. The van der Waals surface area contributed by atoms with E-state index in [-0.39, 0.29) is 0 Å². The first-order valence-electron chi connectivity index (χ1n) is 1.79. The number of hydrogen-bond donors (Lipinski definition) is 0. The fraction of sp³-hybridized carbons (Fsp3) is 0.333. The predicted octanol–water partition coefficient (Wildman–Crippen LogP) is 0.274. The highest BCUT2D eigenvalue weighted by Gasteiger charge is 2.03. The van der Waals surface area contributed by atoms with Crippen LogP contribution in [0.4, 0.5) is 8.78 Å². The van der Waals surface area contributed by atoms with Gasteiger partial charge < -0.3 is 0 Å². The maximum atomic E-state index is 11.4. The van der Waals surface area contributed by atoms with Crippen molar-refractivity contribution in [2.45, 2.75) is 6.55 Å². The van der Waals surface area contributed by atoms with Crippen molar-refractivity contribution in [3.63, 3.8) is 0 Å². The van der Waals surface area contributed by atoms with Gasteiger partial charge in [0, 0.05) is 0 Å². The van der Waals surface area contributed by atoms with E-state index >= 15 is 0 Å². The fourth-order valence-corrected chi connectivity index (χ4v) is 0.251. The summed E-state index contributed by atoms with van der Waals surface area (Å²) in [5, 5.41) is 5.99. The molecule has 0 bridgehead atoms. The summed E-state index contributed by atoms with van der Waals surface area (Å²) in [4.78, 5) is 0. The Balaban J connectivity index is 2.77. The Morgan fingerprint density at radius 2 is 1.75 bits per heavy atom. The second kappa shape index (κ2) is 1.85. The van der Waals surface area contributed by atoms with Crippen LogP contribution in [0, 0.1) is 12.7 Å². The number of aromatic nitrogens is 3. The highest BCUT2D eigenvalue weighted by Crippen LogP contribution is 2.04. The Kier molecular flexibility index (Phi) is 1.19. The van der Waals surface area contributed by atoms with Crippen LogP contribution in [0.15, 0.2) is 0 Å². The molecular weight excluding hydrogens is 116 g/mol. The molecule has 2 radical (unpaired) electrons. The zero-order chi connectivity index (χ0) is 5.98. The maximum absolute atomic E-state index is 11.4. The molecule has 1 rings (SSSR count). The van der Waals surface area contributed by atoms with Crippen molar-refractivity contribution in [1.82, 2.24) is 14.8 Å². The van der Waals surface area contributed by atoms with Gasteiger partial charge in [0.2, 0.25) is 12.7 Å². The van der Waals surface area contributed by atoms with Gasteiger partial charge >= 0.3 is 6.55 Å². The third-order valence-electron chi connectivity index (χ3n) is 0.550. The Bertz CT molecular complexity index is 148. The number of rotatable bonds is 1. The summed E-state index contributed by atoms with van der Waals surface area (Å²) < 4.78 is 23.2. The van der Waals surface area contributed by atoms with Crippen LogP contribution in [-0.2, 0) is 0 Å². The summed E-state index contributed by atoms with van der Waals surface area (Å²) in [6.07, 6.45) is 3.77. The molecule has 0 unspecified atom stereocenters. The fourth-order valence-electron chi connectivity index (χ4n) is 0.251. The van der Waals surface area contributed by atoms with Crippen LogP contribution >= 0.6 is 0 Å². The van der Waals surface area contributed by atoms with Gasteiger partial charge in [0.1, 0.15) is 0 Å². The van der Waals surface area contributed by atoms with Gasteiger partial charge in [-0.05, 0) is 0 Å². The van der Waals surface area contributed by atoms with E-state index in [2.05, 4.69) is 10.2 Å². The van der Waals surface area contributed by atoms with E-state index in [0.29, 0.717) is 4.57 Å². The minimum atomic E-state index is -2.63. The van der Waals surface area contributed by atoms with Gasteiger partial charge in [-0.1, -0.05) is 0 Å². The Hall–Kier alpha value is -1.00. The number of hydrogen-bond acceptors (Lipinski definition) is 2. The first-order valence-corrected chi connectivity index (χ1v) is 1.79. The molecule has 42 valence electrons. The minimum absolute atomic E-state index is 0.361. The molecule has 0 N–H and O–H groups in total. The maximum Gasteiger partial charge on any atom is 0.322 e. The van der Waals surface area contributed by atoms with Crippen molar-refractivity contribution in [2.24, 2.45) is 0 Å². The van der Waals surface area contributed by atoms with Crippen molar-refractivity contribution >= 4 is 0 Å². The Morgan fingerprint density at radius 1 is 1.25 bits per heavy atom. The smallest absolute Gasteiger partial charge is 0.243 e. The van der Waals surface area contributed by atoms with Gasteiger partial charge in [-0.3, -0.25) is 0 Å². The highest BCUT2D eigenvalue weighted by molar-refractivity contribution is 4.53. The first kappa shape index (κ1) is 5.14. The topological polar surface area (TPSA) is 30.7 Å². The second-order valence-corrected chi connectivity index (χ2v) is 1.05. The van der Waals surface area contributed by atoms with Crippen LogP contribution in [0.25, 0.3) is 0 Å². The van der Waals surface area contributed by atoms with E-state index in [9.17, 15) is 8.78 Å². The molecule has 1 aromatic rings. The number of alkyl halides is 2. The van der Waals surface area contributed by atoms with Gasteiger partial charge in [0.05, 0.1) is 0 Å². The van der Waals surface area contributed by atoms with Gasteiger partial charge in [0.25, 0.3) is 0 Å². The lowest BCUT2D eigenvalue weighted by molar-refractivity contribution is 0.0681. The molecule has 0 saturated carbocycles. The van der Waals surface area contributed by atoms with Crippen molar-refractivity contribution in [1.29, 1.82) is 0 Å². The largest absolute Gasteiger partial charge is 0.322 e. The normalized spacial score (nSPS) is 10.4. The van der Waals surface area contributed by atoms with Crippen LogP contribution in [0.5, 0.6) is 0 Å². The average Bonchev–Trinajstić information content (AvgIpc) is 2.12. The zero-order valence-corrected chi connectivity index (χ0v) is 3.67.